The van der Waals surface area contributed by atoms with Crippen LogP contribution in [0.2, 0.25) is 0 Å². The summed E-state index contributed by atoms with van der Waals surface area (Å²) in [5, 5.41) is 12.9. The molecular weight excluding hydrogens is 234 g/mol. The highest BCUT2D eigenvalue weighted by atomic mass is 15.0. The van der Waals surface area contributed by atoms with E-state index in [1.165, 1.54) is 29.7 Å². The zero-order chi connectivity index (χ0) is 13.8. The van der Waals surface area contributed by atoms with Gasteiger partial charge in [-0.05, 0) is 42.7 Å². The largest absolute Gasteiger partial charge is 0.290 e. The van der Waals surface area contributed by atoms with E-state index in [2.05, 4.69) is 37.1 Å². The second-order valence-electron chi connectivity index (χ2n) is 5.76. The zero-order valence-corrected chi connectivity index (χ0v) is 12.3. The molecule has 0 atom stereocenters. The van der Waals surface area contributed by atoms with Crippen molar-refractivity contribution in [2.75, 3.05) is 11.9 Å². The molecule has 0 bridgehead atoms. The van der Waals surface area contributed by atoms with Crippen LogP contribution in [-0.2, 0) is 19.3 Å². The lowest BCUT2D eigenvalue weighted by atomic mass is 9.87. The first kappa shape index (κ1) is 13.9. The number of anilines is 1. The fourth-order valence-corrected chi connectivity index (χ4v) is 2.82. The van der Waals surface area contributed by atoms with Gasteiger partial charge in [0.15, 0.2) is 0 Å². The average Bonchev–Trinajstić information content (AvgIpc) is 2.43. The number of nitrogens with zero attached hydrogens (tertiary/aromatic N) is 1. The Kier molecular flexibility index (Phi) is 4.42. The summed E-state index contributed by atoms with van der Waals surface area (Å²) in [6.45, 7) is 7.43. The molecule has 19 heavy (non-hydrogen) atoms. The van der Waals surface area contributed by atoms with Crippen molar-refractivity contribution in [3.05, 3.63) is 22.4 Å². The maximum atomic E-state index is 9.49. The van der Waals surface area contributed by atoms with Gasteiger partial charge in [-0.1, -0.05) is 20.8 Å². The molecule has 1 aromatic heterocycles. The van der Waals surface area contributed by atoms with Gasteiger partial charge in [-0.2, -0.15) is 5.26 Å². The van der Waals surface area contributed by atoms with Crippen LogP contribution in [0, 0.1) is 17.2 Å². The van der Waals surface area contributed by atoms with Crippen LogP contribution in [0.4, 0.5) is 5.82 Å². The van der Waals surface area contributed by atoms with Crippen LogP contribution in [0.1, 0.15) is 56.0 Å². The molecule has 0 fully saturated rings. The van der Waals surface area contributed by atoms with E-state index in [1.807, 2.05) is 0 Å². The molecule has 0 unspecified atom stereocenters. The average molecular weight is 258 g/mol. The number of fused-ring (bicyclic) bond motifs is 1. The third-order valence-electron chi connectivity index (χ3n) is 3.81. The van der Waals surface area contributed by atoms with Crippen molar-refractivity contribution < 1.29 is 4.98 Å². The number of H-pyrrole nitrogens is 1. The van der Waals surface area contributed by atoms with Gasteiger partial charge in [-0.3, -0.25) is 5.32 Å². The predicted octanol–water partition coefficient (Wildman–Crippen LogP) is 2.88. The van der Waals surface area contributed by atoms with Crippen molar-refractivity contribution in [1.29, 1.82) is 5.26 Å². The lowest BCUT2D eigenvalue weighted by molar-refractivity contribution is -0.374. The van der Waals surface area contributed by atoms with Gasteiger partial charge in [0.05, 0.1) is 6.54 Å². The Hall–Kier alpha value is -1.56. The fraction of sp³-hybridized carbons (Fsp3) is 0.625. The van der Waals surface area contributed by atoms with E-state index in [4.69, 9.17) is 0 Å². The molecule has 0 radical (unpaired) electrons. The highest BCUT2D eigenvalue weighted by molar-refractivity contribution is 5.56. The van der Waals surface area contributed by atoms with Gasteiger partial charge in [0.2, 0.25) is 0 Å². The van der Waals surface area contributed by atoms with Crippen molar-refractivity contribution in [2.24, 2.45) is 5.92 Å². The second kappa shape index (κ2) is 6.06. The normalized spacial score (nSPS) is 14.1. The number of pyridine rings is 1. The van der Waals surface area contributed by atoms with Crippen molar-refractivity contribution in [1.82, 2.24) is 0 Å². The molecule has 3 nitrogen and oxygen atoms in total. The maximum Gasteiger partial charge on any atom is 0.290 e. The van der Waals surface area contributed by atoms with Gasteiger partial charge in [0.25, 0.3) is 5.82 Å². The monoisotopic (exact) mass is 258 g/mol. The highest BCUT2D eigenvalue weighted by Gasteiger charge is 2.24. The van der Waals surface area contributed by atoms with Crippen LogP contribution in [0.15, 0.2) is 0 Å². The minimum atomic E-state index is 0.570. The molecule has 1 aromatic rings. The van der Waals surface area contributed by atoms with Gasteiger partial charge in [0.1, 0.15) is 17.3 Å². The van der Waals surface area contributed by atoms with Gasteiger partial charge in [-0.25, -0.2) is 4.98 Å². The van der Waals surface area contributed by atoms with Crippen LogP contribution in [0.3, 0.4) is 0 Å². The molecule has 1 aliphatic rings. The van der Waals surface area contributed by atoms with E-state index in [0.29, 0.717) is 5.92 Å². The number of rotatable bonds is 4. The third-order valence-corrected chi connectivity index (χ3v) is 3.81. The third kappa shape index (κ3) is 2.89. The maximum absolute atomic E-state index is 9.49. The summed E-state index contributed by atoms with van der Waals surface area (Å²) in [5.74, 6) is 1.50. The molecular formula is C16H24N3+. The molecule has 102 valence electrons. The number of hydrogen-bond acceptors (Lipinski definition) is 2. The molecule has 0 amide bonds. The van der Waals surface area contributed by atoms with Gasteiger partial charge < -0.3 is 0 Å². The number of aromatic nitrogens is 1. The van der Waals surface area contributed by atoms with Crippen LogP contribution >= 0.6 is 0 Å². The molecule has 0 saturated heterocycles. The summed E-state index contributed by atoms with van der Waals surface area (Å²) in [5.41, 5.74) is 4.84. The number of hydrogen-bond donors (Lipinski definition) is 1. The fourth-order valence-electron chi connectivity index (χ4n) is 2.82. The Labute approximate surface area is 116 Å². The Morgan fingerprint density at radius 1 is 1.26 bits per heavy atom. The number of aromatic amines is 1. The number of nitriles is 1. The lowest BCUT2D eigenvalue weighted by Gasteiger charge is -2.19. The summed E-state index contributed by atoms with van der Waals surface area (Å²) in [4.78, 5) is 3.46. The van der Waals surface area contributed by atoms with E-state index in [1.54, 1.807) is 0 Å². The van der Waals surface area contributed by atoms with Crippen molar-refractivity contribution >= 4 is 5.82 Å². The van der Waals surface area contributed by atoms with E-state index in [9.17, 15) is 5.26 Å². The standard InChI is InChI=1S/C16H23N3/c1-4-15-13-8-6-5-7-12(13)14(9-17)16(19-15)18-10-11(2)3/h11H,4-8,10H2,1-3H3,(H,18,19)/p+1. The van der Waals surface area contributed by atoms with E-state index < -0.39 is 0 Å². The van der Waals surface area contributed by atoms with Crippen molar-refractivity contribution in [3.63, 3.8) is 0 Å². The Balaban J connectivity index is 2.45. The zero-order valence-electron chi connectivity index (χ0n) is 12.3. The minimum Gasteiger partial charge on any atom is -0.273 e. The van der Waals surface area contributed by atoms with E-state index in [-0.39, 0.29) is 0 Å². The molecule has 2 N–H and O–H groups in total. The van der Waals surface area contributed by atoms with E-state index in [0.717, 1.165) is 37.2 Å². The smallest absolute Gasteiger partial charge is 0.273 e. The molecule has 0 saturated carbocycles. The molecule has 2 rings (SSSR count). The number of nitrogens with one attached hydrogen (secondary N) is 2. The summed E-state index contributed by atoms with van der Waals surface area (Å²) < 4.78 is 0. The Morgan fingerprint density at radius 2 is 1.95 bits per heavy atom. The van der Waals surface area contributed by atoms with Crippen molar-refractivity contribution in [3.8, 4) is 6.07 Å². The first-order valence-electron chi connectivity index (χ1n) is 7.41. The molecule has 0 aromatic carbocycles. The van der Waals surface area contributed by atoms with Crippen LogP contribution in [0.5, 0.6) is 0 Å². The van der Waals surface area contributed by atoms with Gasteiger partial charge in [-0.15, -0.1) is 0 Å². The first-order valence-corrected chi connectivity index (χ1v) is 7.41. The summed E-state index contributed by atoms with van der Waals surface area (Å²) in [6, 6.07) is 2.41. The quantitative estimate of drug-likeness (QED) is 0.902. The van der Waals surface area contributed by atoms with Crippen LogP contribution in [0.25, 0.3) is 0 Å². The SMILES string of the molecule is CCc1[nH+]c(NCC(C)C)c(C#N)c2c1CCCC2. The molecule has 1 heterocycles. The Bertz CT molecular complexity index is 498. The van der Waals surface area contributed by atoms with Gasteiger partial charge >= 0.3 is 0 Å². The summed E-state index contributed by atoms with van der Waals surface area (Å²) in [7, 11) is 0. The topological polar surface area (TPSA) is 50.0 Å². The first-order chi connectivity index (χ1) is 9.17. The second-order valence-corrected chi connectivity index (χ2v) is 5.76. The summed E-state index contributed by atoms with van der Waals surface area (Å²) in [6.07, 6.45) is 5.63. The lowest BCUT2D eigenvalue weighted by Crippen LogP contribution is -2.26. The molecule has 3 heteroatoms. The Morgan fingerprint density at radius 3 is 2.53 bits per heavy atom. The van der Waals surface area contributed by atoms with E-state index >= 15 is 0 Å². The molecule has 0 aliphatic heterocycles. The summed E-state index contributed by atoms with van der Waals surface area (Å²) >= 11 is 0. The highest BCUT2D eigenvalue weighted by Crippen LogP contribution is 2.28. The van der Waals surface area contributed by atoms with Crippen LogP contribution in [-0.4, -0.2) is 6.54 Å². The predicted molar refractivity (Wildman–Crippen MR) is 77.1 cm³/mol. The minimum absolute atomic E-state index is 0.570. The molecule has 1 aliphatic carbocycles. The number of aryl methyl sites for hydroxylation is 1. The van der Waals surface area contributed by atoms with Crippen molar-refractivity contribution in [2.45, 2.75) is 52.9 Å². The van der Waals surface area contributed by atoms with Crippen LogP contribution < -0.4 is 10.3 Å². The van der Waals surface area contributed by atoms with Gasteiger partial charge in [0, 0.05) is 6.42 Å². The molecule has 0 spiro atoms.